The van der Waals surface area contributed by atoms with E-state index >= 15 is 0 Å². The predicted molar refractivity (Wildman–Crippen MR) is 113 cm³/mol. The van der Waals surface area contributed by atoms with E-state index in [9.17, 15) is 17.2 Å². The van der Waals surface area contributed by atoms with Gasteiger partial charge < -0.3 is 0 Å². The van der Waals surface area contributed by atoms with Gasteiger partial charge in [-0.2, -0.15) is 0 Å². The first-order chi connectivity index (χ1) is 14.3. The Labute approximate surface area is 176 Å². The normalized spacial score (nSPS) is 11.4. The lowest BCUT2D eigenvalue weighted by molar-refractivity contribution is 0.555. The Hall–Kier alpha value is -3.17. The number of aryl methyl sites for hydroxylation is 1. The summed E-state index contributed by atoms with van der Waals surface area (Å²) in [6.45, 7) is 1.89. The summed E-state index contributed by atoms with van der Waals surface area (Å²) in [4.78, 5) is 8.72. The van der Waals surface area contributed by atoms with Crippen molar-refractivity contribution in [3.05, 3.63) is 83.6 Å². The first-order valence-corrected chi connectivity index (χ1v) is 11.1. The number of nitrogens with zero attached hydrogens (tertiary/aromatic N) is 2. The van der Waals surface area contributed by atoms with Gasteiger partial charge in [0.15, 0.2) is 0 Å². The van der Waals surface area contributed by atoms with Gasteiger partial charge in [0.1, 0.15) is 16.5 Å². The highest BCUT2D eigenvalue weighted by Gasteiger charge is 2.21. The molecule has 2 aromatic heterocycles. The smallest absolute Gasteiger partial charge is 0.264 e. The van der Waals surface area contributed by atoms with Crippen LogP contribution in [0.3, 0.4) is 0 Å². The number of hydrogen-bond acceptors (Lipinski definition) is 5. The molecule has 2 heterocycles. The molecule has 0 aliphatic rings. The molecule has 152 valence electrons. The van der Waals surface area contributed by atoms with Crippen molar-refractivity contribution in [2.24, 2.45) is 0 Å². The average molecular weight is 444 g/mol. The van der Waals surface area contributed by atoms with Crippen LogP contribution >= 0.6 is 11.3 Å². The fourth-order valence-corrected chi connectivity index (χ4v) is 5.02. The highest BCUT2D eigenvalue weighted by molar-refractivity contribution is 7.92. The number of rotatable bonds is 5. The summed E-state index contributed by atoms with van der Waals surface area (Å²) in [5.41, 5.74) is 2.61. The zero-order chi connectivity index (χ0) is 21.3. The van der Waals surface area contributed by atoms with Crippen molar-refractivity contribution in [3.63, 3.8) is 0 Å². The molecule has 5 nitrogen and oxygen atoms in total. The largest absolute Gasteiger partial charge is 0.280 e. The van der Waals surface area contributed by atoms with Crippen LogP contribution in [0, 0.1) is 18.6 Å². The summed E-state index contributed by atoms with van der Waals surface area (Å²) >= 11 is 1.47. The fraction of sp³-hybridized carbons (Fsp3) is 0.0476. The summed E-state index contributed by atoms with van der Waals surface area (Å²) in [5.74, 6) is -1.87. The first-order valence-electron chi connectivity index (χ1n) is 8.79. The molecule has 0 fully saturated rings. The number of hydrogen-bond donors (Lipinski definition) is 1. The Morgan fingerprint density at radius 2 is 1.73 bits per heavy atom. The average Bonchev–Trinajstić information content (AvgIpc) is 3.12. The lowest BCUT2D eigenvalue weighted by Gasteiger charge is -2.10. The Morgan fingerprint density at radius 3 is 2.50 bits per heavy atom. The van der Waals surface area contributed by atoms with Gasteiger partial charge in [0.05, 0.1) is 15.6 Å². The molecule has 0 bridgehead atoms. The molecule has 0 atom stereocenters. The SMILES string of the molecule is Cc1nc(-c2ccncc2)c(-c2cccc(NS(=O)(=O)c3cc(F)ccc3F)c2)s1. The van der Waals surface area contributed by atoms with Crippen LogP contribution in [0.4, 0.5) is 14.5 Å². The van der Waals surface area contributed by atoms with Crippen molar-refractivity contribution < 1.29 is 17.2 Å². The van der Waals surface area contributed by atoms with E-state index in [-0.39, 0.29) is 5.69 Å². The third kappa shape index (κ3) is 4.07. The van der Waals surface area contributed by atoms with E-state index in [2.05, 4.69) is 14.7 Å². The standard InChI is InChI=1S/C21H15F2N3O2S2/c1-13-25-20(14-7-9-24-10-8-14)21(29-13)15-3-2-4-17(11-15)26-30(27,28)19-12-16(22)5-6-18(19)23/h2-12,26H,1H3. The van der Waals surface area contributed by atoms with Crippen molar-refractivity contribution in [1.82, 2.24) is 9.97 Å². The summed E-state index contributed by atoms with van der Waals surface area (Å²) in [6.07, 6.45) is 3.35. The third-order valence-electron chi connectivity index (χ3n) is 4.25. The van der Waals surface area contributed by atoms with Crippen molar-refractivity contribution in [3.8, 4) is 21.7 Å². The molecule has 0 saturated heterocycles. The molecule has 0 spiro atoms. The quantitative estimate of drug-likeness (QED) is 0.457. The van der Waals surface area contributed by atoms with E-state index in [1.165, 1.54) is 17.4 Å². The fourth-order valence-electron chi connectivity index (χ4n) is 2.95. The Bertz CT molecular complexity index is 1320. The first kappa shape index (κ1) is 20.1. The highest BCUT2D eigenvalue weighted by Crippen LogP contribution is 2.37. The molecule has 0 saturated carbocycles. The van der Waals surface area contributed by atoms with Gasteiger partial charge in [-0.05, 0) is 55.0 Å². The molecule has 0 aliphatic carbocycles. The monoisotopic (exact) mass is 443 g/mol. The molecule has 30 heavy (non-hydrogen) atoms. The topological polar surface area (TPSA) is 72.0 Å². The zero-order valence-electron chi connectivity index (χ0n) is 15.6. The second kappa shape index (κ2) is 7.92. The van der Waals surface area contributed by atoms with Gasteiger partial charge in [-0.25, -0.2) is 22.2 Å². The Balaban J connectivity index is 1.72. The second-order valence-electron chi connectivity index (χ2n) is 6.41. The minimum absolute atomic E-state index is 0.225. The van der Waals surface area contributed by atoms with Gasteiger partial charge in [0.25, 0.3) is 10.0 Å². The van der Waals surface area contributed by atoms with E-state index in [1.54, 1.807) is 24.5 Å². The predicted octanol–water partition coefficient (Wildman–Crippen LogP) is 5.26. The number of benzene rings is 2. The number of anilines is 1. The van der Waals surface area contributed by atoms with Gasteiger partial charge in [0, 0.05) is 23.6 Å². The van der Waals surface area contributed by atoms with Crippen LogP contribution in [0.1, 0.15) is 5.01 Å². The summed E-state index contributed by atoms with van der Waals surface area (Å²) < 4.78 is 54.9. The minimum atomic E-state index is -4.31. The van der Waals surface area contributed by atoms with Crippen molar-refractivity contribution in [2.75, 3.05) is 4.72 Å². The van der Waals surface area contributed by atoms with Gasteiger partial charge in [-0.3, -0.25) is 9.71 Å². The number of aromatic nitrogens is 2. The summed E-state index contributed by atoms with van der Waals surface area (Å²) in [5, 5.41) is 0.852. The lowest BCUT2D eigenvalue weighted by Crippen LogP contribution is -2.15. The third-order valence-corrected chi connectivity index (χ3v) is 6.66. The maximum atomic E-state index is 14.0. The summed E-state index contributed by atoms with van der Waals surface area (Å²) in [7, 11) is -4.31. The maximum Gasteiger partial charge on any atom is 0.264 e. The molecule has 9 heteroatoms. The Kier molecular flexibility index (Phi) is 5.31. The molecule has 0 amide bonds. The van der Waals surface area contributed by atoms with Crippen molar-refractivity contribution in [2.45, 2.75) is 11.8 Å². The molecule has 0 unspecified atom stereocenters. The Morgan fingerprint density at radius 1 is 0.967 bits per heavy atom. The molecule has 0 aliphatic heterocycles. The zero-order valence-corrected chi connectivity index (χ0v) is 17.3. The van der Waals surface area contributed by atoms with Crippen LogP contribution in [0.15, 0.2) is 71.9 Å². The summed E-state index contributed by atoms with van der Waals surface area (Å²) in [6, 6.07) is 12.7. The molecule has 4 aromatic rings. The van der Waals surface area contributed by atoms with E-state index in [1.807, 2.05) is 25.1 Å². The van der Waals surface area contributed by atoms with Crippen LogP contribution in [0.25, 0.3) is 21.7 Å². The van der Waals surface area contributed by atoms with Crippen LogP contribution < -0.4 is 4.72 Å². The highest BCUT2D eigenvalue weighted by atomic mass is 32.2. The van der Waals surface area contributed by atoms with Gasteiger partial charge in [-0.15, -0.1) is 11.3 Å². The van der Waals surface area contributed by atoms with E-state index < -0.39 is 26.6 Å². The van der Waals surface area contributed by atoms with Crippen LogP contribution in [-0.2, 0) is 10.0 Å². The second-order valence-corrected chi connectivity index (χ2v) is 9.26. The molecule has 2 aromatic carbocycles. The minimum Gasteiger partial charge on any atom is -0.280 e. The van der Waals surface area contributed by atoms with E-state index in [4.69, 9.17) is 0 Å². The van der Waals surface area contributed by atoms with Crippen LogP contribution in [0.2, 0.25) is 0 Å². The number of pyridine rings is 1. The van der Waals surface area contributed by atoms with Gasteiger partial charge in [0.2, 0.25) is 0 Å². The van der Waals surface area contributed by atoms with Crippen LogP contribution in [0.5, 0.6) is 0 Å². The molecular weight excluding hydrogens is 428 g/mol. The van der Waals surface area contributed by atoms with Crippen molar-refractivity contribution >= 4 is 27.0 Å². The molecule has 1 N–H and O–H groups in total. The van der Waals surface area contributed by atoms with Gasteiger partial charge >= 0.3 is 0 Å². The van der Waals surface area contributed by atoms with Crippen LogP contribution in [-0.4, -0.2) is 18.4 Å². The maximum absolute atomic E-state index is 14.0. The van der Waals surface area contributed by atoms with E-state index in [0.717, 1.165) is 38.8 Å². The van der Waals surface area contributed by atoms with Crippen molar-refractivity contribution in [1.29, 1.82) is 0 Å². The number of halogens is 2. The van der Waals surface area contributed by atoms with Gasteiger partial charge in [-0.1, -0.05) is 12.1 Å². The number of thiazole rings is 1. The molecule has 0 radical (unpaired) electrons. The number of sulfonamides is 1. The lowest BCUT2D eigenvalue weighted by atomic mass is 10.1. The molecule has 4 rings (SSSR count). The number of nitrogens with one attached hydrogen (secondary N) is 1. The van der Waals surface area contributed by atoms with E-state index in [0.29, 0.717) is 6.07 Å². The molecular formula is C21H15F2N3O2S2.